The molecule has 214 valence electrons. The molecule has 0 fully saturated rings. The molecule has 1 N–H and O–H groups in total. The van der Waals surface area contributed by atoms with Gasteiger partial charge in [0.1, 0.15) is 18.3 Å². The lowest BCUT2D eigenvalue weighted by molar-refractivity contribution is -0.139. The van der Waals surface area contributed by atoms with E-state index in [1.807, 2.05) is 45.0 Å². The first-order valence-corrected chi connectivity index (χ1v) is 15.4. The lowest BCUT2D eigenvalue weighted by atomic mass is 10.1. The minimum absolute atomic E-state index is 0.0244. The zero-order valence-electron chi connectivity index (χ0n) is 22.8. The van der Waals surface area contributed by atoms with Crippen LogP contribution in [0.1, 0.15) is 33.3 Å². The van der Waals surface area contributed by atoms with E-state index in [1.54, 1.807) is 31.2 Å². The van der Waals surface area contributed by atoms with Gasteiger partial charge >= 0.3 is 0 Å². The van der Waals surface area contributed by atoms with Gasteiger partial charge in [-0.05, 0) is 93.9 Å². The van der Waals surface area contributed by atoms with E-state index in [-0.39, 0.29) is 29.1 Å². The van der Waals surface area contributed by atoms with E-state index >= 15 is 0 Å². The van der Waals surface area contributed by atoms with Crippen molar-refractivity contribution < 1.29 is 22.7 Å². The quantitative estimate of drug-likeness (QED) is 0.274. The molecule has 0 saturated heterocycles. The highest BCUT2D eigenvalue weighted by molar-refractivity contribution is 9.10. The molecule has 0 aromatic heterocycles. The Hall–Kier alpha value is -3.08. The summed E-state index contributed by atoms with van der Waals surface area (Å²) in [5.74, 6) is -0.313. The standard InChI is InChI=1S/C29H33BrClN3O5S/c1-5-39-26-14-12-25(13-15-26)34(40(37,38)27-16-10-24(31)11-17-27)19-28(35)33(21(4)29(36)32-20(2)3)18-22-6-8-23(30)9-7-22/h6-17,20-21H,5,18-19H2,1-4H3,(H,32,36)/t21-/m1/s1. The molecule has 8 nitrogen and oxygen atoms in total. The van der Waals surface area contributed by atoms with Crippen molar-refractivity contribution in [2.45, 2.75) is 51.2 Å². The van der Waals surface area contributed by atoms with Crippen molar-refractivity contribution in [2.75, 3.05) is 17.5 Å². The van der Waals surface area contributed by atoms with Gasteiger partial charge in [-0.15, -0.1) is 0 Å². The van der Waals surface area contributed by atoms with E-state index in [1.165, 1.54) is 29.2 Å². The highest BCUT2D eigenvalue weighted by Gasteiger charge is 2.32. The minimum atomic E-state index is -4.19. The number of nitrogens with one attached hydrogen (secondary N) is 1. The molecule has 0 aliphatic heterocycles. The molecule has 0 saturated carbocycles. The maximum atomic E-state index is 13.9. The first kappa shape index (κ1) is 31.4. The lowest BCUT2D eigenvalue weighted by Crippen LogP contribution is -2.52. The second-order valence-corrected chi connectivity index (χ2v) is 12.6. The van der Waals surface area contributed by atoms with E-state index in [2.05, 4.69) is 21.2 Å². The summed E-state index contributed by atoms with van der Waals surface area (Å²) in [7, 11) is -4.19. The Labute approximate surface area is 249 Å². The molecule has 1 atom stereocenters. The van der Waals surface area contributed by atoms with Crippen LogP contribution in [0.3, 0.4) is 0 Å². The first-order valence-electron chi connectivity index (χ1n) is 12.8. The molecule has 11 heteroatoms. The minimum Gasteiger partial charge on any atom is -0.494 e. The van der Waals surface area contributed by atoms with Gasteiger partial charge in [0.05, 0.1) is 17.2 Å². The zero-order valence-corrected chi connectivity index (χ0v) is 26.0. The van der Waals surface area contributed by atoms with Crippen LogP contribution in [0, 0.1) is 0 Å². The van der Waals surface area contributed by atoms with Crippen LogP contribution in [0.25, 0.3) is 0 Å². The third kappa shape index (κ3) is 8.22. The Morgan fingerprint density at radius 2 is 1.55 bits per heavy atom. The van der Waals surface area contributed by atoms with E-state index in [0.29, 0.717) is 17.4 Å². The van der Waals surface area contributed by atoms with Crippen molar-refractivity contribution in [1.29, 1.82) is 0 Å². The SMILES string of the molecule is CCOc1ccc(N(CC(=O)N(Cc2ccc(Br)cc2)[C@H](C)C(=O)NC(C)C)S(=O)(=O)c2ccc(Cl)cc2)cc1. The number of rotatable bonds is 12. The number of carbonyl (C=O) groups is 2. The van der Waals surface area contributed by atoms with Crippen molar-refractivity contribution >= 4 is 55.1 Å². The molecule has 0 spiro atoms. The molecule has 40 heavy (non-hydrogen) atoms. The monoisotopic (exact) mass is 649 g/mol. The fourth-order valence-corrected chi connectivity index (χ4v) is 5.72. The Morgan fingerprint density at radius 3 is 2.10 bits per heavy atom. The summed E-state index contributed by atoms with van der Waals surface area (Å²) in [4.78, 5) is 28.3. The second kappa shape index (κ2) is 14.0. The smallest absolute Gasteiger partial charge is 0.264 e. The number of amides is 2. The molecular formula is C29H33BrClN3O5S. The van der Waals surface area contributed by atoms with Gasteiger partial charge in [-0.25, -0.2) is 8.42 Å². The number of hydrogen-bond acceptors (Lipinski definition) is 5. The molecule has 3 rings (SSSR count). The Kier molecular flexibility index (Phi) is 11.0. The number of nitrogens with zero attached hydrogens (tertiary/aromatic N) is 2. The predicted octanol–water partition coefficient (Wildman–Crippen LogP) is 5.64. The summed E-state index contributed by atoms with van der Waals surface area (Å²) >= 11 is 9.40. The number of carbonyl (C=O) groups excluding carboxylic acids is 2. The van der Waals surface area contributed by atoms with Crippen LogP contribution in [0.4, 0.5) is 5.69 Å². The molecule has 3 aromatic rings. The van der Waals surface area contributed by atoms with Crippen LogP contribution in [-0.2, 0) is 26.2 Å². The molecule has 0 aliphatic rings. The average molecular weight is 651 g/mol. The second-order valence-electron chi connectivity index (χ2n) is 9.38. The maximum absolute atomic E-state index is 13.9. The summed E-state index contributed by atoms with van der Waals surface area (Å²) in [5.41, 5.74) is 1.06. The van der Waals surface area contributed by atoms with Crippen molar-refractivity contribution in [3.63, 3.8) is 0 Å². The van der Waals surface area contributed by atoms with Crippen LogP contribution in [-0.4, -0.2) is 50.4 Å². The summed E-state index contributed by atoms with van der Waals surface area (Å²) in [6.45, 7) is 7.16. The van der Waals surface area contributed by atoms with Crippen molar-refractivity contribution in [3.05, 3.63) is 87.9 Å². The Balaban J connectivity index is 2.02. The van der Waals surface area contributed by atoms with Crippen LogP contribution in [0.2, 0.25) is 5.02 Å². The number of anilines is 1. The number of sulfonamides is 1. The molecule has 0 bridgehead atoms. The fourth-order valence-electron chi connectivity index (χ4n) is 3.91. The number of hydrogen-bond donors (Lipinski definition) is 1. The highest BCUT2D eigenvalue weighted by atomic mass is 79.9. The fraction of sp³-hybridized carbons (Fsp3) is 0.310. The van der Waals surface area contributed by atoms with Gasteiger partial charge in [0, 0.05) is 22.1 Å². The van der Waals surface area contributed by atoms with Crippen molar-refractivity contribution in [3.8, 4) is 5.75 Å². The maximum Gasteiger partial charge on any atom is 0.264 e. The average Bonchev–Trinajstić information content (AvgIpc) is 2.91. The van der Waals surface area contributed by atoms with E-state index in [9.17, 15) is 18.0 Å². The van der Waals surface area contributed by atoms with Gasteiger partial charge in [0.2, 0.25) is 11.8 Å². The first-order chi connectivity index (χ1) is 18.9. The molecule has 0 aliphatic carbocycles. The zero-order chi connectivity index (χ0) is 29.4. The van der Waals surface area contributed by atoms with Gasteiger partial charge in [0.25, 0.3) is 10.0 Å². The van der Waals surface area contributed by atoms with Gasteiger partial charge in [0.15, 0.2) is 0 Å². The molecule has 0 unspecified atom stereocenters. The van der Waals surface area contributed by atoms with Crippen LogP contribution < -0.4 is 14.4 Å². The molecule has 0 radical (unpaired) electrons. The van der Waals surface area contributed by atoms with Crippen LogP contribution >= 0.6 is 27.5 Å². The van der Waals surface area contributed by atoms with Crippen molar-refractivity contribution in [2.24, 2.45) is 0 Å². The van der Waals surface area contributed by atoms with Gasteiger partial charge < -0.3 is 15.0 Å². The van der Waals surface area contributed by atoms with Crippen LogP contribution in [0.15, 0.2) is 82.2 Å². The van der Waals surface area contributed by atoms with E-state index in [4.69, 9.17) is 16.3 Å². The Morgan fingerprint density at radius 1 is 0.950 bits per heavy atom. The summed E-state index contributed by atoms with van der Waals surface area (Å²) < 4.78 is 35.1. The molecular weight excluding hydrogens is 618 g/mol. The topological polar surface area (TPSA) is 96.0 Å². The number of benzene rings is 3. The molecule has 0 heterocycles. The third-order valence-electron chi connectivity index (χ3n) is 5.98. The van der Waals surface area contributed by atoms with Crippen molar-refractivity contribution in [1.82, 2.24) is 10.2 Å². The summed E-state index contributed by atoms with van der Waals surface area (Å²) in [5, 5.41) is 3.22. The summed E-state index contributed by atoms with van der Waals surface area (Å²) in [6.07, 6.45) is 0. The van der Waals surface area contributed by atoms with Gasteiger partial charge in [-0.1, -0.05) is 39.7 Å². The number of halogens is 2. The van der Waals surface area contributed by atoms with Gasteiger partial charge in [-0.2, -0.15) is 0 Å². The normalized spacial score (nSPS) is 12.1. The van der Waals surface area contributed by atoms with Crippen LogP contribution in [0.5, 0.6) is 5.75 Å². The van der Waals surface area contributed by atoms with Gasteiger partial charge in [-0.3, -0.25) is 13.9 Å². The third-order valence-corrected chi connectivity index (χ3v) is 8.55. The van der Waals surface area contributed by atoms with E-state index in [0.717, 1.165) is 14.3 Å². The molecule has 3 aromatic carbocycles. The van der Waals surface area contributed by atoms with E-state index < -0.39 is 28.5 Å². The molecule has 2 amide bonds. The lowest BCUT2D eigenvalue weighted by Gasteiger charge is -2.32. The largest absolute Gasteiger partial charge is 0.494 e. The predicted molar refractivity (Wildman–Crippen MR) is 161 cm³/mol. The number of ether oxygens (including phenoxy) is 1. The highest BCUT2D eigenvalue weighted by Crippen LogP contribution is 2.27. The summed E-state index contributed by atoms with van der Waals surface area (Å²) in [6, 6.07) is 18.6. The Bertz CT molecular complexity index is 1400.